The van der Waals surface area contributed by atoms with Crippen LogP contribution in [0.25, 0.3) is 0 Å². The molecule has 0 saturated heterocycles. The normalized spacial score (nSPS) is 11.9. The van der Waals surface area contributed by atoms with Crippen molar-refractivity contribution in [1.82, 2.24) is 0 Å². The molecule has 6 nitrogen and oxygen atoms in total. The maximum absolute atomic E-state index is 9.08. The highest BCUT2D eigenvalue weighted by Crippen LogP contribution is 1.88. The highest BCUT2D eigenvalue weighted by molar-refractivity contribution is 7.84. The quantitative estimate of drug-likeness (QED) is 0.212. The SMILES string of the molecule is COOCC[N+](C)(C)C.CS(=O)(=O)[O-]. The molecule has 0 fully saturated rings. The third-order valence-corrected chi connectivity index (χ3v) is 0.963. The van der Waals surface area contributed by atoms with E-state index in [1.807, 2.05) is 0 Å². The Balaban J connectivity index is 0. The van der Waals surface area contributed by atoms with E-state index in [-0.39, 0.29) is 0 Å². The molecule has 88 valence electrons. The van der Waals surface area contributed by atoms with Crippen molar-refractivity contribution in [3.8, 4) is 0 Å². The molecule has 0 saturated carbocycles. The predicted molar refractivity (Wildman–Crippen MR) is 51.5 cm³/mol. The van der Waals surface area contributed by atoms with Crippen LogP contribution in [0.2, 0.25) is 0 Å². The molecule has 0 unspecified atom stereocenters. The lowest BCUT2D eigenvalue weighted by molar-refractivity contribution is -0.871. The van der Waals surface area contributed by atoms with Gasteiger partial charge in [0.1, 0.15) is 13.2 Å². The molecule has 0 spiro atoms. The van der Waals surface area contributed by atoms with E-state index in [9.17, 15) is 0 Å². The summed E-state index contributed by atoms with van der Waals surface area (Å²) in [5.41, 5.74) is 0. The summed E-state index contributed by atoms with van der Waals surface area (Å²) in [7, 11) is 3.94. The molecule has 0 N–H and O–H groups in total. The van der Waals surface area contributed by atoms with Crippen LogP contribution in [0, 0.1) is 0 Å². The molecular formula is C7H19NO5S. The highest BCUT2D eigenvalue weighted by atomic mass is 32.2. The Morgan fingerprint density at radius 2 is 1.64 bits per heavy atom. The van der Waals surface area contributed by atoms with E-state index < -0.39 is 10.1 Å². The monoisotopic (exact) mass is 229 g/mol. The molecule has 0 aromatic carbocycles. The lowest BCUT2D eigenvalue weighted by Gasteiger charge is -2.22. The second-order valence-electron chi connectivity index (χ2n) is 3.71. The van der Waals surface area contributed by atoms with Crippen molar-refractivity contribution in [3.05, 3.63) is 0 Å². The fourth-order valence-corrected chi connectivity index (χ4v) is 0.394. The van der Waals surface area contributed by atoms with Gasteiger partial charge in [0.05, 0.1) is 38.4 Å². The average Bonchev–Trinajstić information content (AvgIpc) is 1.80. The fourth-order valence-electron chi connectivity index (χ4n) is 0.394. The zero-order chi connectivity index (χ0) is 11.8. The maximum Gasteiger partial charge on any atom is 0.131 e. The Morgan fingerprint density at radius 1 is 1.29 bits per heavy atom. The molecular weight excluding hydrogens is 210 g/mol. The van der Waals surface area contributed by atoms with E-state index in [4.69, 9.17) is 17.9 Å². The van der Waals surface area contributed by atoms with Gasteiger partial charge in [0.2, 0.25) is 0 Å². The molecule has 0 rings (SSSR count). The number of rotatable bonds is 4. The van der Waals surface area contributed by atoms with Crippen LogP contribution in [-0.2, 0) is 19.9 Å². The lowest BCUT2D eigenvalue weighted by Crippen LogP contribution is -2.37. The van der Waals surface area contributed by atoms with Gasteiger partial charge in [-0.1, -0.05) is 0 Å². The smallest absolute Gasteiger partial charge is 0.131 e. The number of likely N-dealkylation sites (N-methyl/N-ethyl adjacent to an activating group) is 1. The van der Waals surface area contributed by atoms with Crippen LogP contribution in [0.3, 0.4) is 0 Å². The Hall–Kier alpha value is -0.210. The first-order valence-corrected chi connectivity index (χ1v) is 5.75. The summed E-state index contributed by atoms with van der Waals surface area (Å²) in [5.74, 6) is 0. The summed E-state index contributed by atoms with van der Waals surface area (Å²) in [4.78, 5) is 9.12. The van der Waals surface area contributed by atoms with Gasteiger partial charge in [-0.3, -0.25) is 0 Å². The highest BCUT2D eigenvalue weighted by Gasteiger charge is 2.04. The van der Waals surface area contributed by atoms with Gasteiger partial charge in [-0.05, 0) is 0 Å². The number of nitrogens with zero attached hydrogens (tertiary/aromatic N) is 1. The van der Waals surface area contributed by atoms with Crippen molar-refractivity contribution in [1.29, 1.82) is 0 Å². The first kappa shape index (κ1) is 16.2. The van der Waals surface area contributed by atoms with Crippen LogP contribution in [0.1, 0.15) is 0 Å². The van der Waals surface area contributed by atoms with Crippen LogP contribution in [0.15, 0.2) is 0 Å². The Morgan fingerprint density at radius 3 is 1.86 bits per heavy atom. The summed E-state index contributed by atoms with van der Waals surface area (Å²) >= 11 is 0. The van der Waals surface area contributed by atoms with E-state index in [0.717, 1.165) is 11.0 Å². The maximum atomic E-state index is 9.08. The van der Waals surface area contributed by atoms with Gasteiger partial charge in [0, 0.05) is 6.26 Å². The molecule has 0 aromatic heterocycles. The number of hydrogen-bond donors (Lipinski definition) is 0. The minimum Gasteiger partial charge on any atom is -0.748 e. The van der Waals surface area contributed by atoms with Gasteiger partial charge < -0.3 is 9.04 Å². The second kappa shape index (κ2) is 7.13. The minimum absolute atomic E-state index is 0.604. The summed E-state index contributed by atoms with van der Waals surface area (Å²) in [6.07, 6.45) is 0.604. The summed E-state index contributed by atoms with van der Waals surface area (Å²) in [5, 5.41) is 0. The van der Waals surface area contributed by atoms with E-state index in [1.54, 1.807) is 0 Å². The van der Waals surface area contributed by atoms with Crippen LogP contribution in [0.4, 0.5) is 0 Å². The van der Waals surface area contributed by atoms with Gasteiger partial charge in [0.15, 0.2) is 0 Å². The first-order chi connectivity index (χ1) is 6.06. The number of quaternary nitrogens is 1. The van der Waals surface area contributed by atoms with E-state index >= 15 is 0 Å². The van der Waals surface area contributed by atoms with E-state index in [1.165, 1.54) is 7.11 Å². The lowest BCUT2D eigenvalue weighted by atomic mass is 10.5. The molecule has 0 atom stereocenters. The Labute approximate surface area is 85.7 Å². The summed E-state index contributed by atoms with van der Waals surface area (Å²) < 4.78 is 28.1. The topological polar surface area (TPSA) is 75.7 Å². The molecule has 0 bridgehead atoms. The summed E-state index contributed by atoms with van der Waals surface area (Å²) in [6, 6.07) is 0. The van der Waals surface area contributed by atoms with Crippen molar-refractivity contribution in [3.63, 3.8) is 0 Å². The molecule has 0 aromatic rings. The van der Waals surface area contributed by atoms with Crippen LogP contribution in [0.5, 0.6) is 0 Å². The third kappa shape index (κ3) is 40.9. The Bertz CT molecular complexity index is 211. The first-order valence-electron chi connectivity index (χ1n) is 3.93. The van der Waals surface area contributed by atoms with Gasteiger partial charge in [0.25, 0.3) is 0 Å². The van der Waals surface area contributed by atoms with Crippen LogP contribution in [-0.4, -0.2) is 65.1 Å². The van der Waals surface area contributed by atoms with Crippen LogP contribution >= 0.6 is 0 Å². The Kier molecular flexibility index (Phi) is 8.27. The molecule has 0 aliphatic carbocycles. The molecule has 0 amide bonds. The van der Waals surface area contributed by atoms with Crippen molar-refractivity contribution in [2.24, 2.45) is 0 Å². The van der Waals surface area contributed by atoms with Crippen molar-refractivity contribution < 1.29 is 27.2 Å². The molecule has 0 heterocycles. The average molecular weight is 229 g/mol. The summed E-state index contributed by atoms with van der Waals surface area (Å²) in [6.45, 7) is 1.62. The van der Waals surface area contributed by atoms with Gasteiger partial charge in [-0.2, -0.15) is 0 Å². The molecule has 14 heavy (non-hydrogen) atoms. The molecule has 0 aliphatic heterocycles. The van der Waals surface area contributed by atoms with Gasteiger partial charge >= 0.3 is 0 Å². The van der Waals surface area contributed by atoms with E-state index in [0.29, 0.717) is 12.9 Å². The van der Waals surface area contributed by atoms with Gasteiger partial charge in [-0.15, -0.1) is 0 Å². The fraction of sp³-hybridized carbons (Fsp3) is 1.00. The molecule has 7 heteroatoms. The van der Waals surface area contributed by atoms with Crippen molar-refractivity contribution >= 4 is 10.1 Å². The molecule has 0 aliphatic rings. The zero-order valence-electron chi connectivity index (χ0n) is 9.31. The van der Waals surface area contributed by atoms with Crippen molar-refractivity contribution in [2.45, 2.75) is 0 Å². The predicted octanol–water partition coefficient (Wildman–Crippen LogP) is -0.568. The van der Waals surface area contributed by atoms with E-state index in [2.05, 4.69) is 26.0 Å². The van der Waals surface area contributed by atoms with Gasteiger partial charge in [-0.25, -0.2) is 18.2 Å². The minimum atomic E-state index is -3.92. The molecule has 0 radical (unpaired) electrons. The van der Waals surface area contributed by atoms with Crippen LogP contribution < -0.4 is 0 Å². The second-order valence-corrected chi connectivity index (χ2v) is 5.11. The third-order valence-electron chi connectivity index (χ3n) is 0.963. The number of hydrogen-bond acceptors (Lipinski definition) is 5. The standard InChI is InChI=1S/C6H16NO2.CH4O3S/c1-7(2,3)5-6-9-8-4;1-5(2,3)4/h5-6H2,1-4H3;1H3,(H,2,3,4)/q+1;/p-1. The van der Waals surface area contributed by atoms with Crippen molar-refractivity contribution in [2.75, 3.05) is 47.7 Å². The zero-order valence-corrected chi connectivity index (χ0v) is 10.1. The largest absolute Gasteiger partial charge is 0.748 e.